The summed E-state index contributed by atoms with van der Waals surface area (Å²) in [6.07, 6.45) is 1.96. The van der Waals surface area contributed by atoms with Gasteiger partial charge in [-0.25, -0.2) is 0 Å². The third-order valence-electron chi connectivity index (χ3n) is 1.34. The molecular weight excluding hydrogens is 208 g/mol. The van der Waals surface area contributed by atoms with Gasteiger partial charge in [-0.15, -0.1) is 23.5 Å². The van der Waals surface area contributed by atoms with E-state index in [0.29, 0.717) is 6.61 Å². The minimum atomic E-state index is -0.205. The second-order valence-electron chi connectivity index (χ2n) is 2.28. The zero-order chi connectivity index (χ0) is 10.3. The molecule has 0 spiro atoms. The van der Waals surface area contributed by atoms with Gasteiger partial charge in [0.05, 0.1) is 7.11 Å². The van der Waals surface area contributed by atoms with E-state index in [0.717, 1.165) is 0 Å². The molecule has 0 aliphatic carbocycles. The van der Waals surface area contributed by atoms with Crippen LogP contribution >= 0.6 is 23.5 Å². The number of esters is 1. The first-order valence-electron chi connectivity index (χ1n) is 4.03. The Labute approximate surface area is 87.9 Å². The molecule has 0 fully saturated rings. The van der Waals surface area contributed by atoms with Gasteiger partial charge < -0.3 is 9.47 Å². The topological polar surface area (TPSA) is 35.5 Å². The quantitative estimate of drug-likeness (QED) is 0.509. The molecule has 0 saturated heterocycles. The number of rotatable bonds is 6. The minimum Gasteiger partial charge on any atom is -0.468 e. The van der Waals surface area contributed by atoms with E-state index in [1.807, 2.05) is 20.1 Å². The van der Waals surface area contributed by atoms with Crippen molar-refractivity contribution in [3.8, 4) is 0 Å². The van der Waals surface area contributed by atoms with Gasteiger partial charge in [0.2, 0.25) is 0 Å². The Kier molecular flexibility index (Phi) is 7.60. The monoisotopic (exact) mass is 224 g/mol. The Morgan fingerprint density at radius 3 is 2.54 bits per heavy atom. The Balaban J connectivity index is 3.85. The van der Waals surface area contributed by atoms with Crippen molar-refractivity contribution in [1.29, 1.82) is 0 Å². The van der Waals surface area contributed by atoms with Crippen LogP contribution in [0.15, 0.2) is 0 Å². The zero-order valence-corrected chi connectivity index (χ0v) is 10.0. The van der Waals surface area contributed by atoms with Crippen LogP contribution in [0.25, 0.3) is 0 Å². The lowest BCUT2D eigenvalue weighted by molar-refractivity contribution is -0.139. The Hall–Kier alpha value is 0.130. The minimum absolute atomic E-state index is 0.0131. The van der Waals surface area contributed by atoms with E-state index >= 15 is 0 Å². The van der Waals surface area contributed by atoms with Gasteiger partial charge in [-0.3, -0.25) is 4.79 Å². The molecule has 0 heterocycles. The van der Waals surface area contributed by atoms with Crippen LogP contribution in [0.5, 0.6) is 0 Å². The van der Waals surface area contributed by atoms with Crippen LogP contribution in [0.1, 0.15) is 13.8 Å². The summed E-state index contributed by atoms with van der Waals surface area (Å²) in [5.74, 6) is -0.205. The number of thioether (sulfide) groups is 2. The number of hydrogen-bond acceptors (Lipinski definition) is 5. The average Bonchev–Trinajstić information content (AvgIpc) is 2.15. The molecule has 2 atom stereocenters. The van der Waals surface area contributed by atoms with Crippen molar-refractivity contribution in [1.82, 2.24) is 0 Å². The van der Waals surface area contributed by atoms with Gasteiger partial charge in [-0.2, -0.15) is 0 Å². The Bertz CT molecular complexity index is 152. The van der Waals surface area contributed by atoms with Gasteiger partial charge in [0.1, 0.15) is 10.0 Å². The van der Waals surface area contributed by atoms with Crippen molar-refractivity contribution in [2.75, 3.05) is 20.0 Å². The Morgan fingerprint density at radius 1 is 1.54 bits per heavy atom. The van der Waals surface area contributed by atoms with Crippen LogP contribution in [-0.2, 0) is 14.3 Å². The van der Waals surface area contributed by atoms with Gasteiger partial charge in [0.25, 0.3) is 0 Å². The third kappa shape index (κ3) is 5.44. The van der Waals surface area contributed by atoms with Crippen molar-refractivity contribution in [2.24, 2.45) is 0 Å². The molecule has 0 N–H and O–H groups in total. The van der Waals surface area contributed by atoms with Gasteiger partial charge in [0, 0.05) is 6.61 Å². The van der Waals surface area contributed by atoms with Crippen LogP contribution in [0, 0.1) is 0 Å². The van der Waals surface area contributed by atoms with Gasteiger partial charge >= 0.3 is 5.97 Å². The van der Waals surface area contributed by atoms with Crippen molar-refractivity contribution in [2.45, 2.75) is 23.9 Å². The molecule has 0 aromatic carbocycles. The molecular formula is C8H16O3S2. The second-order valence-corrected chi connectivity index (χ2v) is 4.89. The van der Waals surface area contributed by atoms with E-state index in [-0.39, 0.29) is 16.0 Å². The summed E-state index contributed by atoms with van der Waals surface area (Å²) in [6.45, 7) is 4.41. The summed E-state index contributed by atoms with van der Waals surface area (Å²) in [6, 6.07) is 0. The van der Waals surface area contributed by atoms with Crippen LogP contribution in [0.3, 0.4) is 0 Å². The fraction of sp³-hybridized carbons (Fsp3) is 0.875. The molecule has 2 unspecified atom stereocenters. The van der Waals surface area contributed by atoms with E-state index in [9.17, 15) is 4.79 Å². The summed E-state index contributed by atoms with van der Waals surface area (Å²) in [4.78, 5) is 11.1. The standard InChI is InChI=1S/C8H16O3S2/c1-5-11-8(12-4)13-6(2)7(9)10-3/h6,8H,5H2,1-4H3. The number of ether oxygens (including phenoxy) is 2. The van der Waals surface area contributed by atoms with E-state index < -0.39 is 0 Å². The van der Waals surface area contributed by atoms with Crippen molar-refractivity contribution in [3.63, 3.8) is 0 Å². The maximum absolute atomic E-state index is 11.1. The van der Waals surface area contributed by atoms with Crippen LogP contribution in [0.4, 0.5) is 0 Å². The molecule has 0 radical (unpaired) electrons. The first-order valence-corrected chi connectivity index (χ1v) is 6.26. The number of carbonyl (C=O) groups excluding carboxylic acids is 1. The molecule has 0 saturated carbocycles. The lowest BCUT2D eigenvalue weighted by Gasteiger charge is -2.16. The molecule has 0 aromatic heterocycles. The molecule has 5 heteroatoms. The smallest absolute Gasteiger partial charge is 0.318 e. The predicted molar refractivity (Wildman–Crippen MR) is 58.0 cm³/mol. The van der Waals surface area contributed by atoms with E-state index in [1.165, 1.54) is 18.9 Å². The lowest BCUT2D eigenvalue weighted by atomic mass is 10.5. The molecule has 78 valence electrons. The molecule has 13 heavy (non-hydrogen) atoms. The number of carbonyl (C=O) groups is 1. The molecule has 0 rings (SSSR count). The van der Waals surface area contributed by atoms with Gasteiger partial charge in [0.15, 0.2) is 0 Å². The highest BCUT2D eigenvalue weighted by atomic mass is 32.2. The summed E-state index contributed by atoms with van der Waals surface area (Å²) >= 11 is 3.05. The Morgan fingerprint density at radius 2 is 2.15 bits per heavy atom. The maximum Gasteiger partial charge on any atom is 0.318 e. The zero-order valence-electron chi connectivity index (χ0n) is 8.40. The van der Waals surface area contributed by atoms with Gasteiger partial charge in [-0.1, -0.05) is 0 Å². The molecule has 0 bridgehead atoms. The molecule has 3 nitrogen and oxygen atoms in total. The summed E-state index contributed by atoms with van der Waals surface area (Å²) < 4.78 is 10.00. The molecule has 0 aromatic rings. The summed E-state index contributed by atoms with van der Waals surface area (Å²) in [5.41, 5.74) is 0. The van der Waals surface area contributed by atoms with Crippen molar-refractivity contribution < 1.29 is 14.3 Å². The van der Waals surface area contributed by atoms with E-state index in [4.69, 9.17) is 4.74 Å². The van der Waals surface area contributed by atoms with Gasteiger partial charge in [-0.05, 0) is 20.1 Å². The van der Waals surface area contributed by atoms with E-state index in [1.54, 1.807) is 11.8 Å². The van der Waals surface area contributed by atoms with Crippen LogP contribution in [0.2, 0.25) is 0 Å². The SMILES string of the molecule is CCOC(SC)SC(C)C(=O)OC. The highest BCUT2D eigenvalue weighted by Crippen LogP contribution is 2.27. The predicted octanol–water partition coefficient (Wildman–Crippen LogP) is 1.96. The highest BCUT2D eigenvalue weighted by Gasteiger charge is 2.19. The highest BCUT2D eigenvalue weighted by molar-refractivity contribution is 8.17. The van der Waals surface area contributed by atoms with Crippen molar-refractivity contribution >= 4 is 29.5 Å². The molecule has 0 amide bonds. The first kappa shape index (κ1) is 13.1. The second kappa shape index (κ2) is 7.53. The molecule has 0 aliphatic heterocycles. The van der Waals surface area contributed by atoms with Crippen molar-refractivity contribution in [3.05, 3.63) is 0 Å². The largest absolute Gasteiger partial charge is 0.468 e. The summed E-state index contributed by atoms with van der Waals surface area (Å²) in [5, 5.41) is -0.172. The number of methoxy groups -OCH3 is 1. The normalized spacial score (nSPS) is 15.1. The van der Waals surface area contributed by atoms with Crippen LogP contribution < -0.4 is 0 Å². The maximum atomic E-state index is 11.1. The van der Waals surface area contributed by atoms with E-state index in [2.05, 4.69) is 4.74 Å². The fourth-order valence-corrected chi connectivity index (χ4v) is 2.66. The first-order chi connectivity index (χ1) is 6.15. The average molecular weight is 224 g/mol. The third-order valence-corrected chi connectivity index (χ3v) is 3.73. The summed E-state index contributed by atoms with van der Waals surface area (Å²) in [7, 11) is 1.40. The lowest BCUT2D eigenvalue weighted by Crippen LogP contribution is -2.18. The number of hydrogen-bond donors (Lipinski definition) is 0. The molecule has 0 aliphatic rings. The fourth-order valence-electron chi connectivity index (χ4n) is 0.687. The van der Waals surface area contributed by atoms with Crippen LogP contribution in [-0.4, -0.2) is 36.0 Å².